The first-order valence-electron chi connectivity index (χ1n) is 5.01. The molecule has 0 spiro atoms. The van der Waals surface area contributed by atoms with E-state index in [0.717, 1.165) is 0 Å². The highest BCUT2D eigenvalue weighted by molar-refractivity contribution is 9.10. The minimum atomic E-state index is -0.534. The van der Waals surface area contributed by atoms with Gasteiger partial charge in [0, 0.05) is 10.2 Å². The molecule has 1 aromatic rings. The zero-order valence-corrected chi connectivity index (χ0v) is 11.5. The van der Waals surface area contributed by atoms with E-state index in [9.17, 15) is 4.79 Å². The molecule has 0 aliphatic rings. The van der Waals surface area contributed by atoms with Crippen LogP contribution < -0.4 is 5.32 Å². The van der Waals surface area contributed by atoms with Gasteiger partial charge in [0.25, 0.3) is 0 Å². The number of halogens is 1. The maximum atomic E-state index is 11.5. The van der Waals surface area contributed by atoms with Crippen LogP contribution in [0.15, 0.2) is 22.7 Å². The highest BCUT2D eigenvalue weighted by Crippen LogP contribution is 2.21. The van der Waals surface area contributed by atoms with Gasteiger partial charge < -0.3 is 4.74 Å². The number of hydrogen-bond donors (Lipinski definition) is 1. The van der Waals surface area contributed by atoms with Gasteiger partial charge in [-0.05, 0) is 54.9 Å². The van der Waals surface area contributed by atoms with Crippen LogP contribution in [0.1, 0.15) is 26.3 Å². The summed E-state index contributed by atoms with van der Waals surface area (Å²) in [6.07, 6.45) is -0.519. The number of amides is 1. The molecule has 1 aromatic carbocycles. The molecule has 5 heteroatoms. The molecular weight excluding hydrogens is 284 g/mol. The van der Waals surface area contributed by atoms with E-state index in [1.165, 1.54) is 0 Å². The van der Waals surface area contributed by atoms with E-state index in [1.807, 2.05) is 6.07 Å². The fraction of sp³-hybridized carbons (Fsp3) is 0.333. The summed E-state index contributed by atoms with van der Waals surface area (Å²) >= 11 is 3.24. The summed E-state index contributed by atoms with van der Waals surface area (Å²) < 4.78 is 5.74. The number of carbonyl (C=O) groups excluding carboxylic acids is 1. The average Bonchev–Trinajstić information content (AvgIpc) is 2.14. The van der Waals surface area contributed by atoms with Crippen molar-refractivity contribution in [2.24, 2.45) is 0 Å². The third kappa shape index (κ3) is 4.45. The van der Waals surface area contributed by atoms with Gasteiger partial charge in [-0.1, -0.05) is 0 Å². The van der Waals surface area contributed by atoms with Crippen molar-refractivity contribution in [1.82, 2.24) is 0 Å². The van der Waals surface area contributed by atoms with E-state index in [0.29, 0.717) is 15.7 Å². The van der Waals surface area contributed by atoms with E-state index in [2.05, 4.69) is 21.2 Å². The third-order valence-electron chi connectivity index (χ3n) is 1.73. The second-order valence-corrected chi connectivity index (χ2v) is 5.29. The molecule has 4 nitrogen and oxygen atoms in total. The number of nitrogens with zero attached hydrogens (tertiary/aromatic N) is 1. The molecule has 0 heterocycles. The quantitative estimate of drug-likeness (QED) is 0.860. The first-order chi connectivity index (χ1) is 7.81. The number of nitrogens with one attached hydrogen (secondary N) is 1. The molecule has 0 unspecified atom stereocenters. The van der Waals surface area contributed by atoms with Crippen LogP contribution in [0, 0.1) is 11.3 Å². The molecule has 90 valence electrons. The fourth-order valence-electron chi connectivity index (χ4n) is 1.10. The first-order valence-corrected chi connectivity index (χ1v) is 5.81. The van der Waals surface area contributed by atoms with Crippen LogP contribution in [0.5, 0.6) is 0 Å². The summed E-state index contributed by atoms with van der Waals surface area (Å²) in [5, 5.41) is 11.3. The topological polar surface area (TPSA) is 62.1 Å². The molecule has 0 aliphatic heterocycles. The largest absolute Gasteiger partial charge is 0.444 e. The Morgan fingerprint density at radius 3 is 2.59 bits per heavy atom. The van der Waals surface area contributed by atoms with Crippen LogP contribution in [0.2, 0.25) is 0 Å². The van der Waals surface area contributed by atoms with Crippen molar-refractivity contribution in [1.29, 1.82) is 5.26 Å². The predicted molar refractivity (Wildman–Crippen MR) is 68.7 cm³/mol. The molecule has 0 aromatic heterocycles. The van der Waals surface area contributed by atoms with E-state index >= 15 is 0 Å². The Balaban J connectivity index is 2.74. The van der Waals surface area contributed by atoms with Gasteiger partial charge in [-0.3, -0.25) is 5.32 Å². The molecule has 1 N–H and O–H groups in total. The molecule has 0 saturated heterocycles. The normalized spacial score (nSPS) is 10.5. The van der Waals surface area contributed by atoms with Crippen molar-refractivity contribution in [2.75, 3.05) is 5.32 Å². The van der Waals surface area contributed by atoms with E-state index in [-0.39, 0.29) is 0 Å². The average molecular weight is 297 g/mol. The smallest absolute Gasteiger partial charge is 0.412 e. The summed E-state index contributed by atoms with van der Waals surface area (Å²) in [4.78, 5) is 11.5. The zero-order valence-electron chi connectivity index (χ0n) is 9.87. The molecule has 0 atom stereocenters. The third-order valence-corrected chi connectivity index (χ3v) is 2.39. The van der Waals surface area contributed by atoms with E-state index in [1.54, 1.807) is 39.0 Å². The highest BCUT2D eigenvalue weighted by Gasteiger charge is 2.16. The molecule has 1 amide bonds. The standard InChI is InChI=1S/C12H13BrN2O2/c1-12(2,3)17-11(16)15-9-5-4-8(7-14)10(13)6-9/h4-6H,1-3H3,(H,15,16). The van der Waals surface area contributed by atoms with Gasteiger partial charge in [0.1, 0.15) is 11.7 Å². The van der Waals surface area contributed by atoms with Crippen molar-refractivity contribution in [3.05, 3.63) is 28.2 Å². The number of anilines is 1. The Hall–Kier alpha value is -1.54. The van der Waals surface area contributed by atoms with Gasteiger partial charge in [-0.15, -0.1) is 0 Å². The van der Waals surface area contributed by atoms with Crippen molar-refractivity contribution in [2.45, 2.75) is 26.4 Å². The number of benzene rings is 1. The predicted octanol–water partition coefficient (Wildman–Crippen LogP) is 3.67. The number of nitriles is 1. The van der Waals surface area contributed by atoms with Crippen molar-refractivity contribution >= 4 is 27.7 Å². The molecule has 1 rings (SSSR count). The number of rotatable bonds is 1. The van der Waals surface area contributed by atoms with Crippen LogP contribution in [-0.2, 0) is 4.74 Å². The van der Waals surface area contributed by atoms with Crippen LogP contribution in [0.4, 0.5) is 10.5 Å². The minimum Gasteiger partial charge on any atom is -0.444 e. The van der Waals surface area contributed by atoms with Crippen molar-refractivity contribution in [3.63, 3.8) is 0 Å². The molecule has 0 bridgehead atoms. The Bertz CT molecular complexity index is 472. The lowest BCUT2D eigenvalue weighted by Crippen LogP contribution is -2.27. The van der Waals surface area contributed by atoms with Gasteiger partial charge in [0.15, 0.2) is 0 Å². The molecule has 17 heavy (non-hydrogen) atoms. The highest BCUT2D eigenvalue weighted by atomic mass is 79.9. The Labute approximate surface area is 109 Å². The molecule has 0 aliphatic carbocycles. The maximum absolute atomic E-state index is 11.5. The minimum absolute atomic E-state index is 0.514. The van der Waals surface area contributed by atoms with Gasteiger partial charge in [0.2, 0.25) is 0 Å². The SMILES string of the molecule is CC(C)(C)OC(=O)Nc1ccc(C#N)c(Br)c1. The lowest BCUT2D eigenvalue weighted by atomic mass is 10.2. The number of ether oxygens (including phenoxy) is 1. The summed E-state index contributed by atoms with van der Waals surface area (Å²) in [5.41, 5.74) is 0.554. The number of hydrogen-bond acceptors (Lipinski definition) is 3. The van der Waals surface area contributed by atoms with Gasteiger partial charge in [-0.25, -0.2) is 4.79 Å². The maximum Gasteiger partial charge on any atom is 0.412 e. The van der Waals surface area contributed by atoms with Gasteiger partial charge in [-0.2, -0.15) is 5.26 Å². The second-order valence-electron chi connectivity index (χ2n) is 4.43. The lowest BCUT2D eigenvalue weighted by molar-refractivity contribution is 0.0636. The Kier molecular flexibility index (Phi) is 4.13. The molecule has 0 fully saturated rings. The van der Waals surface area contributed by atoms with Gasteiger partial charge in [0.05, 0.1) is 5.56 Å². The van der Waals surface area contributed by atoms with Crippen LogP contribution >= 0.6 is 15.9 Å². The molecular formula is C12H13BrN2O2. The Morgan fingerprint density at radius 1 is 1.47 bits per heavy atom. The summed E-state index contributed by atoms with van der Waals surface area (Å²) in [6, 6.07) is 6.95. The molecule has 0 saturated carbocycles. The second kappa shape index (κ2) is 5.19. The van der Waals surface area contributed by atoms with Gasteiger partial charge >= 0.3 is 6.09 Å². The lowest BCUT2D eigenvalue weighted by Gasteiger charge is -2.19. The first kappa shape index (κ1) is 13.5. The summed E-state index contributed by atoms with van der Waals surface area (Å²) in [7, 11) is 0. The van der Waals surface area contributed by atoms with Crippen molar-refractivity contribution < 1.29 is 9.53 Å². The van der Waals surface area contributed by atoms with Crippen LogP contribution in [0.25, 0.3) is 0 Å². The summed E-state index contributed by atoms with van der Waals surface area (Å²) in [5.74, 6) is 0. The van der Waals surface area contributed by atoms with Crippen molar-refractivity contribution in [3.8, 4) is 6.07 Å². The summed E-state index contributed by atoms with van der Waals surface area (Å²) in [6.45, 7) is 5.38. The molecule has 0 radical (unpaired) electrons. The van der Waals surface area contributed by atoms with Crippen LogP contribution in [-0.4, -0.2) is 11.7 Å². The Morgan fingerprint density at radius 2 is 2.12 bits per heavy atom. The monoisotopic (exact) mass is 296 g/mol. The van der Waals surface area contributed by atoms with Crippen LogP contribution in [0.3, 0.4) is 0 Å². The fourth-order valence-corrected chi connectivity index (χ4v) is 1.57. The van der Waals surface area contributed by atoms with E-state index in [4.69, 9.17) is 10.00 Å². The van der Waals surface area contributed by atoms with E-state index < -0.39 is 11.7 Å². The number of carbonyl (C=O) groups is 1. The zero-order chi connectivity index (χ0) is 13.1.